The van der Waals surface area contributed by atoms with Crippen LogP contribution < -0.4 is 10.9 Å². The van der Waals surface area contributed by atoms with E-state index in [2.05, 4.69) is 30.3 Å². The number of nitrogens with zero attached hydrogens (tertiary/aromatic N) is 4. The zero-order chi connectivity index (χ0) is 20.5. The van der Waals surface area contributed by atoms with Crippen molar-refractivity contribution >= 4 is 22.4 Å². The van der Waals surface area contributed by atoms with E-state index in [1.54, 1.807) is 24.3 Å². The Morgan fingerprint density at radius 2 is 1.77 bits per heavy atom. The molecule has 0 bridgehead atoms. The number of nitrogens with one attached hydrogen (secondary N) is 2. The lowest BCUT2D eigenvalue weighted by atomic mass is 10.1. The number of rotatable bonds is 3. The minimum absolute atomic E-state index is 0.178. The van der Waals surface area contributed by atoms with Gasteiger partial charge in [0.25, 0.3) is 11.5 Å². The van der Waals surface area contributed by atoms with E-state index in [9.17, 15) is 9.59 Å². The lowest BCUT2D eigenvalue weighted by molar-refractivity contribution is 0.102. The van der Waals surface area contributed by atoms with Crippen molar-refractivity contribution in [2.24, 2.45) is 0 Å². The molecule has 0 radical (unpaired) electrons. The minimum atomic E-state index is -0.383. The van der Waals surface area contributed by atoms with Crippen LogP contribution in [0.3, 0.4) is 0 Å². The van der Waals surface area contributed by atoms with E-state index >= 15 is 0 Å². The number of hydrogen-bond donors (Lipinski definition) is 2. The summed E-state index contributed by atoms with van der Waals surface area (Å²) in [5.74, 6) is 1.51. The van der Waals surface area contributed by atoms with Gasteiger partial charge in [-0.25, -0.2) is 5.10 Å². The van der Waals surface area contributed by atoms with Crippen molar-refractivity contribution in [3.63, 3.8) is 0 Å². The maximum absolute atomic E-state index is 12.8. The van der Waals surface area contributed by atoms with Gasteiger partial charge in [0.15, 0.2) is 11.5 Å². The minimum Gasteiger partial charge on any atom is -0.321 e. The Morgan fingerprint density at radius 1 is 0.967 bits per heavy atom. The summed E-state index contributed by atoms with van der Waals surface area (Å²) in [6, 6.07) is 14.4. The van der Waals surface area contributed by atoms with Crippen LogP contribution in [0, 0.1) is 0 Å². The summed E-state index contributed by atoms with van der Waals surface area (Å²) in [6.07, 6.45) is 4.45. The number of aromatic amines is 1. The van der Waals surface area contributed by atoms with E-state index in [0.29, 0.717) is 16.5 Å². The second kappa shape index (κ2) is 7.55. The maximum Gasteiger partial charge on any atom is 0.276 e. The fraction of sp³-hybridized carbons (Fsp3) is 0.227. The van der Waals surface area contributed by atoms with Crippen molar-refractivity contribution in [1.29, 1.82) is 0 Å². The smallest absolute Gasteiger partial charge is 0.276 e. The molecule has 2 aromatic heterocycles. The highest BCUT2D eigenvalue weighted by Crippen LogP contribution is 2.24. The number of aromatic nitrogens is 5. The molecule has 2 aromatic carbocycles. The van der Waals surface area contributed by atoms with Gasteiger partial charge in [-0.15, -0.1) is 10.2 Å². The molecule has 0 fully saturated rings. The first kappa shape index (κ1) is 18.2. The third-order valence-electron chi connectivity index (χ3n) is 5.42. The number of carbonyl (C=O) groups is 1. The number of H-pyrrole nitrogens is 1. The third-order valence-corrected chi connectivity index (χ3v) is 5.42. The van der Waals surface area contributed by atoms with Crippen molar-refractivity contribution in [2.75, 3.05) is 5.32 Å². The fourth-order valence-electron chi connectivity index (χ4n) is 3.88. The second-order valence-corrected chi connectivity index (χ2v) is 7.38. The highest BCUT2D eigenvalue weighted by molar-refractivity contribution is 6.11. The first-order valence-corrected chi connectivity index (χ1v) is 10.0. The van der Waals surface area contributed by atoms with Crippen LogP contribution in [0.1, 0.15) is 35.6 Å². The van der Waals surface area contributed by atoms with Gasteiger partial charge >= 0.3 is 0 Å². The van der Waals surface area contributed by atoms with Gasteiger partial charge in [0.05, 0.1) is 5.39 Å². The van der Waals surface area contributed by atoms with Crippen molar-refractivity contribution in [2.45, 2.75) is 32.2 Å². The third kappa shape index (κ3) is 3.26. The zero-order valence-electron chi connectivity index (χ0n) is 16.3. The molecule has 5 rings (SSSR count). The van der Waals surface area contributed by atoms with Gasteiger partial charge in [0.1, 0.15) is 5.82 Å². The summed E-state index contributed by atoms with van der Waals surface area (Å²) >= 11 is 0. The van der Waals surface area contributed by atoms with E-state index in [0.717, 1.165) is 43.0 Å². The molecule has 0 unspecified atom stereocenters. The highest BCUT2D eigenvalue weighted by atomic mass is 16.2. The van der Waals surface area contributed by atoms with E-state index in [4.69, 9.17) is 0 Å². The SMILES string of the molecule is O=C(Nc1ccc(-c2nnc3n2CCCCC3)cc1)c1n[nH]c(=O)c2ccccc12. The topological polar surface area (TPSA) is 106 Å². The summed E-state index contributed by atoms with van der Waals surface area (Å²) in [5, 5.41) is 18.8. The van der Waals surface area contributed by atoms with Gasteiger partial charge in [-0.3, -0.25) is 9.59 Å². The Balaban J connectivity index is 1.40. The Morgan fingerprint density at radius 3 is 2.60 bits per heavy atom. The molecule has 0 spiro atoms. The van der Waals surface area contributed by atoms with Crippen molar-refractivity contribution in [3.8, 4) is 11.4 Å². The predicted octanol–water partition coefficient (Wildman–Crippen LogP) is 3.16. The Bertz CT molecular complexity index is 1290. The summed E-state index contributed by atoms with van der Waals surface area (Å²) < 4.78 is 2.19. The van der Waals surface area contributed by atoms with Crippen LogP contribution in [-0.4, -0.2) is 30.9 Å². The number of fused-ring (bicyclic) bond motifs is 2. The second-order valence-electron chi connectivity index (χ2n) is 7.38. The van der Waals surface area contributed by atoms with Gasteiger partial charge in [-0.1, -0.05) is 24.6 Å². The molecule has 0 saturated carbocycles. The van der Waals surface area contributed by atoms with Crippen molar-refractivity contribution < 1.29 is 4.79 Å². The monoisotopic (exact) mass is 400 g/mol. The molecular weight excluding hydrogens is 380 g/mol. The molecule has 1 aliphatic heterocycles. The summed E-state index contributed by atoms with van der Waals surface area (Å²) in [6.45, 7) is 0.932. The fourth-order valence-corrected chi connectivity index (χ4v) is 3.88. The van der Waals surface area contributed by atoms with Crippen LogP contribution in [0.5, 0.6) is 0 Å². The molecule has 150 valence electrons. The summed E-state index contributed by atoms with van der Waals surface area (Å²) in [4.78, 5) is 24.7. The van der Waals surface area contributed by atoms with E-state index in [1.165, 1.54) is 6.42 Å². The lowest BCUT2D eigenvalue weighted by Crippen LogP contribution is -2.19. The maximum atomic E-state index is 12.8. The van der Waals surface area contributed by atoms with Crippen LogP contribution in [0.25, 0.3) is 22.2 Å². The van der Waals surface area contributed by atoms with Crippen molar-refractivity contribution in [3.05, 3.63) is 70.4 Å². The number of hydrogen-bond acceptors (Lipinski definition) is 5. The predicted molar refractivity (Wildman–Crippen MR) is 113 cm³/mol. The van der Waals surface area contributed by atoms with Crippen LogP contribution in [0.15, 0.2) is 53.3 Å². The standard InChI is InChI=1S/C22H20N6O2/c29-21-17-7-4-3-6-16(17)19(25-27-21)22(30)23-15-11-9-14(10-12-15)20-26-24-18-8-2-1-5-13-28(18)20/h3-4,6-7,9-12H,1-2,5,8,13H2,(H,23,30)(H,27,29). The average molecular weight is 400 g/mol. The number of amides is 1. The van der Waals surface area contributed by atoms with Crippen LogP contribution in [-0.2, 0) is 13.0 Å². The number of carbonyl (C=O) groups excluding carboxylic acids is 1. The van der Waals surface area contributed by atoms with Crippen molar-refractivity contribution in [1.82, 2.24) is 25.0 Å². The lowest BCUT2D eigenvalue weighted by Gasteiger charge is -2.09. The molecule has 3 heterocycles. The van der Waals surface area contributed by atoms with Gasteiger partial charge in [0.2, 0.25) is 0 Å². The summed E-state index contributed by atoms with van der Waals surface area (Å²) in [7, 11) is 0. The quantitative estimate of drug-likeness (QED) is 0.550. The molecule has 1 amide bonds. The molecule has 8 heteroatoms. The van der Waals surface area contributed by atoms with Gasteiger partial charge in [0, 0.05) is 29.6 Å². The molecule has 0 atom stereocenters. The highest BCUT2D eigenvalue weighted by Gasteiger charge is 2.17. The van der Waals surface area contributed by atoms with E-state index in [1.807, 2.05) is 24.3 Å². The molecular formula is C22H20N6O2. The Hall–Kier alpha value is -3.81. The van der Waals surface area contributed by atoms with Crippen LogP contribution in [0.4, 0.5) is 5.69 Å². The normalized spacial score (nSPS) is 13.6. The van der Waals surface area contributed by atoms with Gasteiger partial charge < -0.3 is 9.88 Å². The number of anilines is 1. The molecule has 2 N–H and O–H groups in total. The van der Waals surface area contributed by atoms with E-state index in [-0.39, 0.29) is 17.2 Å². The first-order valence-electron chi connectivity index (χ1n) is 10.0. The number of aryl methyl sites for hydroxylation is 1. The largest absolute Gasteiger partial charge is 0.321 e. The Labute approximate surface area is 172 Å². The molecule has 8 nitrogen and oxygen atoms in total. The molecule has 0 saturated heterocycles. The molecule has 0 aliphatic carbocycles. The molecule has 1 aliphatic rings. The first-order chi connectivity index (χ1) is 14.7. The molecule has 30 heavy (non-hydrogen) atoms. The Kier molecular flexibility index (Phi) is 4.59. The van der Waals surface area contributed by atoms with E-state index < -0.39 is 0 Å². The van der Waals surface area contributed by atoms with Gasteiger partial charge in [-0.2, -0.15) is 5.10 Å². The number of benzene rings is 2. The van der Waals surface area contributed by atoms with Crippen LogP contribution in [0.2, 0.25) is 0 Å². The molecule has 4 aromatic rings. The average Bonchev–Trinajstić information content (AvgIpc) is 3.02. The summed E-state index contributed by atoms with van der Waals surface area (Å²) in [5.41, 5.74) is 1.45. The van der Waals surface area contributed by atoms with Crippen LogP contribution >= 0.6 is 0 Å². The van der Waals surface area contributed by atoms with Gasteiger partial charge in [-0.05, 0) is 43.2 Å². The zero-order valence-corrected chi connectivity index (χ0v) is 16.3.